The molecule has 1 aromatic heterocycles. The molecule has 1 unspecified atom stereocenters. The second-order valence-corrected chi connectivity index (χ2v) is 10.4. The van der Waals surface area contributed by atoms with E-state index in [9.17, 15) is 13.2 Å². The molecule has 31 heavy (non-hydrogen) atoms. The lowest BCUT2D eigenvalue weighted by Gasteiger charge is -2.31. The Labute approximate surface area is 184 Å². The Balaban J connectivity index is 1.91. The van der Waals surface area contributed by atoms with Gasteiger partial charge >= 0.3 is 0 Å². The Morgan fingerprint density at radius 3 is 2.42 bits per heavy atom. The van der Waals surface area contributed by atoms with Gasteiger partial charge in [-0.2, -0.15) is 0 Å². The van der Waals surface area contributed by atoms with E-state index < -0.39 is 10.0 Å². The molecule has 1 aliphatic rings. The number of sulfonamides is 1. The van der Waals surface area contributed by atoms with Crippen molar-refractivity contribution in [3.05, 3.63) is 47.9 Å². The fourth-order valence-electron chi connectivity index (χ4n) is 3.78. The molecule has 1 N–H and O–H groups in total. The number of piperidine rings is 1. The monoisotopic (exact) mass is 448 g/mol. The second kappa shape index (κ2) is 9.84. The number of anilines is 1. The molecule has 1 saturated heterocycles. The minimum atomic E-state index is -3.65. The Morgan fingerprint density at radius 2 is 1.84 bits per heavy atom. The van der Waals surface area contributed by atoms with Crippen molar-refractivity contribution >= 4 is 21.6 Å². The van der Waals surface area contributed by atoms with Gasteiger partial charge < -0.3 is 14.6 Å². The minimum Gasteiger partial charge on any atom is -0.468 e. The average molecular weight is 449 g/mol. The number of benzene rings is 1. The summed E-state index contributed by atoms with van der Waals surface area (Å²) in [6.45, 7) is 2.04. The van der Waals surface area contributed by atoms with Crippen molar-refractivity contribution < 1.29 is 17.6 Å². The largest absolute Gasteiger partial charge is 0.468 e. The molecule has 0 bridgehead atoms. The molecule has 0 saturated carbocycles. The quantitative estimate of drug-likeness (QED) is 0.668. The number of furan rings is 1. The van der Waals surface area contributed by atoms with Crippen LogP contribution in [0, 0.1) is 0 Å². The van der Waals surface area contributed by atoms with E-state index in [2.05, 4.69) is 10.2 Å². The molecule has 1 atom stereocenters. The maximum atomic E-state index is 13.3. The zero-order valence-electron chi connectivity index (χ0n) is 18.7. The van der Waals surface area contributed by atoms with Crippen molar-refractivity contribution in [3.8, 4) is 0 Å². The van der Waals surface area contributed by atoms with Gasteiger partial charge in [0, 0.05) is 39.4 Å². The van der Waals surface area contributed by atoms with Crippen LogP contribution >= 0.6 is 0 Å². The van der Waals surface area contributed by atoms with E-state index in [0.717, 1.165) is 41.7 Å². The van der Waals surface area contributed by atoms with Crippen LogP contribution in [0.15, 0.2) is 45.9 Å². The first kappa shape index (κ1) is 23.3. The molecule has 1 aliphatic heterocycles. The predicted molar refractivity (Wildman–Crippen MR) is 121 cm³/mol. The lowest BCUT2D eigenvalue weighted by Crippen LogP contribution is -2.36. The number of hydrogen-bond acceptors (Lipinski definition) is 6. The van der Waals surface area contributed by atoms with Gasteiger partial charge in [0.2, 0.25) is 10.0 Å². The van der Waals surface area contributed by atoms with Crippen LogP contribution in [0.25, 0.3) is 0 Å². The van der Waals surface area contributed by atoms with Gasteiger partial charge in [-0.3, -0.25) is 9.69 Å². The van der Waals surface area contributed by atoms with Crippen LogP contribution < -0.4 is 10.2 Å². The molecule has 1 fully saturated rings. The van der Waals surface area contributed by atoms with Crippen LogP contribution in [0.2, 0.25) is 0 Å². The Bertz CT molecular complexity index is 981. The third-order valence-corrected chi connectivity index (χ3v) is 7.45. The van der Waals surface area contributed by atoms with Gasteiger partial charge in [0.25, 0.3) is 5.91 Å². The van der Waals surface area contributed by atoms with E-state index in [0.29, 0.717) is 12.1 Å². The van der Waals surface area contributed by atoms with Crippen molar-refractivity contribution in [2.75, 3.05) is 52.7 Å². The van der Waals surface area contributed by atoms with Gasteiger partial charge in [0.1, 0.15) is 5.76 Å². The summed E-state index contributed by atoms with van der Waals surface area (Å²) in [4.78, 5) is 17.5. The summed E-state index contributed by atoms with van der Waals surface area (Å²) < 4.78 is 32.0. The Hall–Kier alpha value is -2.36. The first-order valence-corrected chi connectivity index (χ1v) is 12.0. The molecule has 170 valence electrons. The van der Waals surface area contributed by atoms with E-state index in [1.807, 2.05) is 31.1 Å². The number of carbonyl (C=O) groups is 1. The highest BCUT2D eigenvalue weighted by Gasteiger charge is 2.25. The fourth-order valence-corrected chi connectivity index (χ4v) is 4.71. The van der Waals surface area contributed by atoms with Crippen molar-refractivity contribution in [2.24, 2.45) is 0 Å². The van der Waals surface area contributed by atoms with Crippen LogP contribution in [0.4, 0.5) is 5.69 Å². The number of carbonyl (C=O) groups excluding carboxylic acids is 1. The number of likely N-dealkylation sites (N-methyl/N-ethyl adjacent to an activating group) is 1. The van der Waals surface area contributed by atoms with Crippen LogP contribution in [-0.2, 0) is 10.0 Å². The zero-order valence-corrected chi connectivity index (χ0v) is 19.5. The van der Waals surface area contributed by atoms with Gasteiger partial charge in [-0.05, 0) is 63.7 Å². The van der Waals surface area contributed by atoms with Gasteiger partial charge in [0.15, 0.2) is 0 Å². The topological polar surface area (TPSA) is 86.1 Å². The smallest absolute Gasteiger partial charge is 0.253 e. The van der Waals surface area contributed by atoms with E-state index in [-0.39, 0.29) is 16.8 Å². The van der Waals surface area contributed by atoms with Gasteiger partial charge in [-0.15, -0.1) is 0 Å². The standard InChI is InChI=1S/C22H32N4O4S/c1-24(2)20(21-9-8-14-30-21)16-23-22(27)18-15-17(31(28,29)25(3)4)10-11-19(18)26-12-6-5-7-13-26/h8-11,14-15,20H,5-7,12-13,16H2,1-4H3,(H,23,27). The third-order valence-electron chi connectivity index (χ3n) is 5.64. The number of nitrogens with one attached hydrogen (secondary N) is 1. The normalized spacial score (nSPS) is 16.0. The molecular weight excluding hydrogens is 416 g/mol. The molecule has 0 radical (unpaired) electrons. The molecule has 0 aliphatic carbocycles. The third kappa shape index (κ3) is 5.28. The summed E-state index contributed by atoms with van der Waals surface area (Å²) in [6, 6.07) is 8.39. The molecule has 2 heterocycles. The zero-order chi connectivity index (χ0) is 22.6. The van der Waals surface area contributed by atoms with E-state index in [1.165, 1.54) is 26.6 Å². The minimum absolute atomic E-state index is 0.110. The summed E-state index contributed by atoms with van der Waals surface area (Å²) in [5.41, 5.74) is 1.15. The maximum Gasteiger partial charge on any atom is 0.253 e. The lowest BCUT2D eigenvalue weighted by atomic mass is 10.1. The van der Waals surface area contributed by atoms with Gasteiger partial charge in [-0.1, -0.05) is 0 Å². The number of rotatable bonds is 8. The van der Waals surface area contributed by atoms with Crippen LogP contribution in [0.3, 0.4) is 0 Å². The second-order valence-electron chi connectivity index (χ2n) is 8.22. The van der Waals surface area contributed by atoms with Crippen LogP contribution in [0.1, 0.15) is 41.4 Å². The first-order chi connectivity index (χ1) is 14.7. The van der Waals surface area contributed by atoms with Gasteiger partial charge in [0.05, 0.1) is 22.8 Å². The highest BCUT2D eigenvalue weighted by Crippen LogP contribution is 2.28. The van der Waals surface area contributed by atoms with Crippen molar-refractivity contribution in [3.63, 3.8) is 0 Å². The maximum absolute atomic E-state index is 13.3. The highest BCUT2D eigenvalue weighted by atomic mass is 32.2. The van der Waals surface area contributed by atoms with Gasteiger partial charge in [-0.25, -0.2) is 12.7 Å². The summed E-state index contributed by atoms with van der Waals surface area (Å²) in [7, 11) is 3.16. The number of amides is 1. The summed E-state index contributed by atoms with van der Waals surface area (Å²) in [5.74, 6) is 0.459. The fraction of sp³-hybridized carbons (Fsp3) is 0.500. The highest BCUT2D eigenvalue weighted by molar-refractivity contribution is 7.89. The summed E-state index contributed by atoms with van der Waals surface area (Å²) in [5, 5.41) is 2.98. The SMILES string of the molecule is CN(C)C(CNC(=O)c1cc(S(=O)(=O)N(C)C)ccc1N1CCCCC1)c1ccco1. The van der Waals surface area contributed by atoms with E-state index in [1.54, 1.807) is 18.4 Å². The average Bonchev–Trinajstić information content (AvgIpc) is 3.28. The first-order valence-electron chi connectivity index (χ1n) is 10.5. The number of hydrogen-bond donors (Lipinski definition) is 1. The van der Waals surface area contributed by atoms with Crippen molar-refractivity contribution in [2.45, 2.75) is 30.2 Å². The van der Waals surface area contributed by atoms with Crippen LogP contribution in [0.5, 0.6) is 0 Å². The Kier molecular flexibility index (Phi) is 7.40. The molecule has 2 aromatic rings. The number of nitrogens with zero attached hydrogens (tertiary/aromatic N) is 3. The molecular formula is C22H32N4O4S. The molecule has 3 rings (SSSR count). The lowest BCUT2D eigenvalue weighted by molar-refractivity contribution is 0.0939. The van der Waals surface area contributed by atoms with Crippen molar-refractivity contribution in [1.82, 2.24) is 14.5 Å². The summed E-state index contributed by atoms with van der Waals surface area (Å²) in [6.07, 6.45) is 4.89. The van der Waals surface area contributed by atoms with E-state index >= 15 is 0 Å². The molecule has 0 spiro atoms. The van der Waals surface area contributed by atoms with E-state index in [4.69, 9.17) is 4.42 Å². The molecule has 8 nitrogen and oxygen atoms in total. The predicted octanol–water partition coefficient (Wildman–Crippen LogP) is 2.55. The summed E-state index contributed by atoms with van der Waals surface area (Å²) >= 11 is 0. The van der Waals surface area contributed by atoms with Crippen molar-refractivity contribution in [1.29, 1.82) is 0 Å². The van der Waals surface area contributed by atoms with Crippen LogP contribution in [-0.4, -0.2) is 71.4 Å². The molecule has 1 aromatic carbocycles. The molecule has 1 amide bonds. The Morgan fingerprint density at radius 1 is 1.13 bits per heavy atom. The molecule has 9 heteroatoms.